The number of piperazine rings is 1. The molecule has 0 radical (unpaired) electrons. The molecule has 6 nitrogen and oxygen atoms in total. The van der Waals surface area contributed by atoms with Crippen molar-refractivity contribution in [3.8, 4) is 0 Å². The Hall–Kier alpha value is -2.42. The highest BCUT2D eigenvalue weighted by Crippen LogP contribution is 2.25. The average molecular weight is 518 g/mol. The number of benzene rings is 3. The third-order valence-corrected chi connectivity index (χ3v) is 8.44. The number of hydrogen-bond acceptors (Lipinski definition) is 4. The van der Waals surface area contributed by atoms with E-state index >= 15 is 0 Å². The second-order valence-corrected chi connectivity index (χ2v) is 11.0. The summed E-state index contributed by atoms with van der Waals surface area (Å²) in [5, 5.41) is 3.61. The highest BCUT2D eigenvalue weighted by atomic mass is 35.5. The normalized spacial score (nSPS) is 15.3. The van der Waals surface area contributed by atoms with E-state index in [0.29, 0.717) is 58.9 Å². The molecule has 3 aromatic rings. The SMILES string of the molecule is Cc1ccc(S(=O)(=O)N2CCN(Cc3ccc(C(=O)Nc4ccc(Cl)c(Cl)c4)cc3)CC2)cc1. The first-order valence-corrected chi connectivity index (χ1v) is 13.1. The fourth-order valence-corrected chi connectivity index (χ4v) is 5.50. The zero-order valence-electron chi connectivity index (χ0n) is 18.7. The van der Waals surface area contributed by atoms with Crippen LogP contribution in [0.4, 0.5) is 5.69 Å². The van der Waals surface area contributed by atoms with Crippen molar-refractivity contribution < 1.29 is 13.2 Å². The van der Waals surface area contributed by atoms with Crippen LogP contribution in [-0.2, 0) is 16.6 Å². The molecule has 0 aromatic heterocycles. The molecule has 0 spiro atoms. The predicted molar refractivity (Wildman–Crippen MR) is 136 cm³/mol. The maximum Gasteiger partial charge on any atom is 0.255 e. The van der Waals surface area contributed by atoms with Crippen LogP contribution in [0.15, 0.2) is 71.6 Å². The van der Waals surface area contributed by atoms with Crippen LogP contribution in [0.1, 0.15) is 21.5 Å². The number of halogens is 2. The van der Waals surface area contributed by atoms with E-state index in [1.54, 1.807) is 46.8 Å². The molecular formula is C25H25Cl2N3O3S. The van der Waals surface area contributed by atoms with Gasteiger partial charge in [0.1, 0.15) is 0 Å². The lowest BCUT2D eigenvalue weighted by Gasteiger charge is -2.34. The molecule has 4 rings (SSSR count). The molecular weight excluding hydrogens is 493 g/mol. The van der Waals surface area contributed by atoms with Gasteiger partial charge in [-0.1, -0.05) is 53.0 Å². The van der Waals surface area contributed by atoms with Crippen LogP contribution >= 0.6 is 23.2 Å². The molecule has 0 bridgehead atoms. The molecule has 3 aromatic carbocycles. The number of aryl methyl sites for hydroxylation is 1. The molecule has 0 atom stereocenters. The van der Waals surface area contributed by atoms with E-state index in [-0.39, 0.29) is 5.91 Å². The smallest absolute Gasteiger partial charge is 0.255 e. The van der Waals surface area contributed by atoms with E-state index < -0.39 is 10.0 Å². The van der Waals surface area contributed by atoms with Crippen molar-refractivity contribution in [2.24, 2.45) is 0 Å². The standard InChI is InChI=1S/C25H25Cl2N3O3S/c1-18-2-9-22(10-3-18)34(32,33)30-14-12-29(13-15-30)17-19-4-6-20(7-5-19)25(31)28-21-8-11-23(26)24(27)16-21/h2-11,16H,12-15,17H2,1H3,(H,28,31). The molecule has 1 N–H and O–H groups in total. The molecule has 178 valence electrons. The van der Waals surface area contributed by atoms with Crippen LogP contribution in [0.5, 0.6) is 0 Å². The molecule has 1 heterocycles. The molecule has 0 unspecified atom stereocenters. The van der Waals surface area contributed by atoms with Gasteiger partial charge in [-0.2, -0.15) is 4.31 Å². The maximum absolute atomic E-state index is 12.9. The van der Waals surface area contributed by atoms with E-state index in [0.717, 1.165) is 11.1 Å². The van der Waals surface area contributed by atoms with Crippen molar-refractivity contribution in [1.82, 2.24) is 9.21 Å². The van der Waals surface area contributed by atoms with Gasteiger partial charge in [0.25, 0.3) is 5.91 Å². The highest BCUT2D eigenvalue weighted by molar-refractivity contribution is 7.89. The largest absolute Gasteiger partial charge is 0.322 e. The molecule has 1 saturated heterocycles. The van der Waals surface area contributed by atoms with Gasteiger partial charge in [-0.05, 0) is 55.0 Å². The number of hydrogen-bond donors (Lipinski definition) is 1. The quantitative estimate of drug-likeness (QED) is 0.496. The Morgan fingerprint density at radius 1 is 0.882 bits per heavy atom. The highest BCUT2D eigenvalue weighted by Gasteiger charge is 2.28. The number of carbonyl (C=O) groups excluding carboxylic acids is 1. The predicted octanol–water partition coefficient (Wildman–Crippen LogP) is 5.06. The summed E-state index contributed by atoms with van der Waals surface area (Å²) in [6.45, 7) is 4.80. The summed E-state index contributed by atoms with van der Waals surface area (Å²) < 4.78 is 27.3. The van der Waals surface area contributed by atoms with E-state index in [9.17, 15) is 13.2 Å². The minimum absolute atomic E-state index is 0.236. The Labute approximate surface area is 210 Å². The van der Waals surface area contributed by atoms with E-state index in [4.69, 9.17) is 23.2 Å². The number of nitrogens with one attached hydrogen (secondary N) is 1. The first-order chi connectivity index (χ1) is 16.2. The van der Waals surface area contributed by atoms with Gasteiger partial charge in [-0.15, -0.1) is 0 Å². The third kappa shape index (κ3) is 5.79. The van der Waals surface area contributed by atoms with Gasteiger partial charge in [0.2, 0.25) is 10.0 Å². The van der Waals surface area contributed by atoms with E-state index in [1.807, 2.05) is 31.2 Å². The summed E-state index contributed by atoms with van der Waals surface area (Å²) in [6, 6.07) is 19.3. The minimum Gasteiger partial charge on any atom is -0.322 e. The third-order valence-electron chi connectivity index (χ3n) is 5.79. The van der Waals surface area contributed by atoms with Gasteiger partial charge in [0.15, 0.2) is 0 Å². The van der Waals surface area contributed by atoms with Crippen LogP contribution < -0.4 is 5.32 Å². The van der Waals surface area contributed by atoms with Crippen LogP contribution in [0.25, 0.3) is 0 Å². The number of anilines is 1. The zero-order chi connectivity index (χ0) is 24.3. The summed E-state index contributed by atoms with van der Waals surface area (Å²) in [5.41, 5.74) is 3.19. The van der Waals surface area contributed by atoms with Crippen molar-refractivity contribution in [3.63, 3.8) is 0 Å². The summed E-state index contributed by atoms with van der Waals surface area (Å²) in [5.74, 6) is -0.236. The Morgan fingerprint density at radius 2 is 1.53 bits per heavy atom. The van der Waals surface area contributed by atoms with E-state index in [1.165, 1.54) is 0 Å². The van der Waals surface area contributed by atoms with Gasteiger partial charge in [0, 0.05) is 44.0 Å². The molecule has 9 heteroatoms. The van der Waals surface area contributed by atoms with Gasteiger partial charge in [-0.3, -0.25) is 9.69 Å². The molecule has 0 saturated carbocycles. The topological polar surface area (TPSA) is 69.7 Å². The lowest BCUT2D eigenvalue weighted by molar-refractivity contribution is 0.102. The fourth-order valence-electron chi connectivity index (χ4n) is 3.78. The molecule has 34 heavy (non-hydrogen) atoms. The van der Waals surface area contributed by atoms with Crippen molar-refractivity contribution in [2.45, 2.75) is 18.4 Å². The number of amides is 1. The van der Waals surface area contributed by atoms with Gasteiger partial charge < -0.3 is 5.32 Å². The Morgan fingerprint density at radius 3 is 2.15 bits per heavy atom. The summed E-state index contributed by atoms with van der Waals surface area (Å²) in [7, 11) is -3.47. The Bertz CT molecular complexity index is 1270. The lowest BCUT2D eigenvalue weighted by Crippen LogP contribution is -2.48. The minimum atomic E-state index is -3.47. The molecule has 1 amide bonds. The lowest BCUT2D eigenvalue weighted by atomic mass is 10.1. The van der Waals surface area contributed by atoms with Crippen LogP contribution in [0.2, 0.25) is 10.0 Å². The zero-order valence-corrected chi connectivity index (χ0v) is 21.0. The Kier molecular flexibility index (Phi) is 7.60. The van der Waals surface area contributed by atoms with Crippen LogP contribution in [-0.4, -0.2) is 49.7 Å². The van der Waals surface area contributed by atoms with Crippen LogP contribution in [0, 0.1) is 6.92 Å². The molecule has 1 aliphatic rings. The van der Waals surface area contributed by atoms with Crippen molar-refractivity contribution in [1.29, 1.82) is 0 Å². The Balaban J connectivity index is 1.31. The fraction of sp³-hybridized carbons (Fsp3) is 0.240. The monoisotopic (exact) mass is 517 g/mol. The second kappa shape index (κ2) is 10.5. The van der Waals surface area contributed by atoms with Crippen molar-refractivity contribution >= 4 is 44.8 Å². The van der Waals surface area contributed by atoms with Gasteiger partial charge in [-0.25, -0.2) is 8.42 Å². The first-order valence-electron chi connectivity index (χ1n) is 10.9. The second-order valence-electron chi connectivity index (χ2n) is 8.27. The summed E-state index contributed by atoms with van der Waals surface area (Å²) in [4.78, 5) is 15.1. The van der Waals surface area contributed by atoms with Crippen molar-refractivity contribution in [3.05, 3.63) is 93.5 Å². The molecule has 0 aliphatic carbocycles. The van der Waals surface area contributed by atoms with Crippen molar-refractivity contribution in [2.75, 3.05) is 31.5 Å². The first kappa shape index (κ1) is 24.7. The van der Waals surface area contributed by atoms with Gasteiger partial charge in [0.05, 0.1) is 14.9 Å². The summed E-state index contributed by atoms with van der Waals surface area (Å²) in [6.07, 6.45) is 0. The van der Waals surface area contributed by atoms with Gasteiger partial charge >= 0.3 is 0 Å². The summed E-state index contributed by atoms with van der Waals surface area (Å²) >= 11 is 11.9. The van der Waals surface area contributed by atoms with E-state index in [2.05, 4.69) is 10.2 Å². The molecule has 1 fully saturated rings. The van der Waals surface area contributed by atoms with Crippen LogP contribution in [0.3, 0.4) is 0 Å². The number of carbonyl (C=O) groups is 1. The maximum atomic E-state index is 12.9. The number of rotatable bonds is 6. The molecule has 1 aliphatic heterocycles. The number of sulfonamides is 1. The number of nitrogens with zero attached hydrogens (tertiary/aromatic N) is 2. The average Bonchev–Trinajstić information content (AvgIpc) is 2.82.